The third-order valence-electron chi connectivity index (χ3n) is 3.66. The summed E-state index contributed by atoms with van der Waals surface area (Å²) in [6.45, 7) is 6.93. The zero-order chi connectivity index (χ0) is 19.1. The maximum Gasteiger partial charge on any atom is 0.302 e. The fraction of sp³-hybridized carbons (Fsp3) is 0.625. The topological polar surface area (TPSA) is 114 Å². The predicted molar refractivity (Wildman–Crippen MR) is 96.5 cm³/mol. The Bertz CT molecular complexity index is 733. The SMILES string of the molecule is CCOC(CC(COC(C)=O)Cn1cnc2nc(N)nc(Cl)c21)OCC. The minimum absolute atomic E-state index is 0.0666. The summed E-state index contributed by atoms with van der Waals surface area (Å²) in [4.78, 5) is 23.5. The molecule has 0 aliphatic rings. The van der Waals surface area contributed by atoms with E-state index in [4.69, 9.17) is 31.5 Å². The van der Waals surface area contributed by atoms with Crippen molar-refractivity contribution in [3.05, 3.63) is 11.5 Å². The molecule has 0 amide bonds. The van der Waals surface area contributed by atoms with Gasteiger partial charge in [-0.1, -0.05) is 11.6 Å². The minimum Gasteiger partial charge on any atom is -0.466 e. The molecule has 2 aromatic heterocycles. The minimum atomic E-state index is -0.386. The molecule has 1 atom stereocenters. The number of halogens is 1. The number of rotatable bonds is 10. The lowest BCUT2D eigenvalue weighted by Gasteiger charge is -2.23. The van der Waals surface area contributed by atoms with Gasteiger partial charge in [0.2, 0.25) is 5.95 Å². The average Bonchev–Trinajstić information content (AvgIpc) is 2.95. The van der Waals surface area contributed by atoms with Gasteiger partial charge in [0.25, 0.3) is 0 Å². The number of nitrogen functional groups attached to an aromatic ring is 1. The first kappa shape index (κ1) is 20.3. The van der Waals surface area contributed by atoms with E-state index in [2.05, 4.69) is 15.0 Å². The highest BCUT2D eigenvalue weighted by Crippen LogP contribution is 2.23. The van der Waals surface area contributed by atoms with Gasteiger partial charge in [0.15, 0.2) is 17.1 Å². The summed E-state index contributed by atoms with van der Waals surface area (Å²) in [7, 11) is 0. The van der Waals surface area contributed by atoms with Gasteiger partial charge >= 0.3 is 5.97 Å². The second-order valence-electron chi connectivity index (χ2n) is 5.69. The van der Waals surface area contributed by atoms with E-state index < -0.39 is 0 Å². The highest BCUT2D eigenvalue weighted by molar-refractivity contribution is 6.33. The first-order chi connectivity index (χ1) is 12.4. The maximum absolute atomic E-state index is 11.2. The van der Waals surface area contributed by atoms with Crippen LogP contribution in [0.5, 0.6) is 0 Å². The Balaban J connectivity index is 2.21. The molecule has 0 aliphatic heterocycles. The van der Waals surface area contributed by atoms with E-state index in [9.17, 15) is 4.79 Å². The lowest BCUT2D eigenvalue weighted by molar-refractivity contribution is -0.156. The number of ether oxygens (including phenoxy) is 3. The van der Waals surface area contributed by atoms with E-state index in [0.29, 0.717) is 37.3 Å². The van der Waals surface area contributed by atoms with Crippen LogP contribution in [0.2, 0.25) is 5.15 Å². The van der Waals surface area contributed by atoms with Crippen molar-refractivity contribution in [1.29, 1.82) is 0 Å². The van der Waals surface area contributed by atoms with Crippen LogP contribution in [0.25, 0.3) is 11.2 Å². The van der Waals surface area contributed by atoms with Crippen molar-refractivity contribution in [2.75, 3.05) is 25.6 Å². The number of nitrogens with two attached hydrogens (primary N) is 1. The quantitative estimate of drug-likeness (QED) is 0.375. The second-order valence-corrected chi connectivity index (χ2v) is 6.04. The van der Waals surface area contributed by atoms with Crippen LogP contribution in [-0.4, -0.2) is 51.6 Å². The highest BCUT2D eigenvalue weighted by atomic mass is 35.5. The molecule has 2 heterocycles. The number of imidazole rings is 1. The van der Waals surface area contributed by atoms with E-state index in [1.54, 1.807) is 6.33 Å². The molecule has 0 saturated carbocycles. The largest absolute Gasteiger partial charge is 0.466 e. The fourth-order valence-corrected chi connectivity index (χ4v) is 2.91. The van der Waals surface area contributed by atoms with Gasteiger partial charge in [-0.15, -0.1) is 0 Å². The number of fused-ring (bicyclic) bond motifs is 1. The molecule has 0 saturated heterocycles. The van der Waals surface area contributed by atoms with Crippen LogP contribution < -0.4 is 5.73 Å². The zero-order valence-corrected chi connectivity index (χ0v) is 15.9. The Morgan fingerprint density at radius 1 is 1.31 bits per heavy atom. The lowest BCUT2D eigenvalue weighted by Crippen LogP contribution is -2.27. The summed E-state index contributed by atoms with van der Waals surface area (Å²) in [6.07, 6.45) is 1.77. The molecule has 2 N–H and O–H groups in total. The summed E-state index contributed by atoms with van der Waals surface area (Å²) in [6, 6.07) is 0. The monoisotopic (exact) mass is 385 g/mol. The van der Waals surface area contributed by atoms with E-state index in [1.807, 2.05) is 18.4 Å². The molecule has 2 aromatic rings. The Morgan fingerprint density at radius 2 is 2.00 bits per heavy atom. The molecule has 10 heteroatoms. The molecule has 0 spiro atoms. The second kappa shape index (κ2) is 9.65. The smallest absolute Gasteiger partial charge is 0.302 e. The maximum atomic E-state index is 11.2. The van der Waals surface area contributed by atoms with Crippen molar-refractivity contribution in [2.45, 2.75) is 40.0 Å². The molecule has 0 aromatic carbocycles. The standard InChI is InChI=1S/C16H24ClN5O4/c1-4-24-12(25-5-2)6-11(8-26-10(3)23)7-22-9-19-15-13(22)14(17)20-16(18)21-15/h9,11-12H,4-8H2,1-3H3,(H2,18,20,21). The van der Waals surface area contributed by atoms with Crippen LogP contribution in [-0.2, 0) is 25.5 Å². The van der Waals surface area contributed by atoms with Crippen LogP contribution >= 0.6 is 11.6 Å². The van der Waals surface area contributed by atoms with Gasteiger partial charge in [0.05, 0.1) is 12.9 Å². The van der Waals surface area contributed by atoms with Gasteiger partial charge in [0, 0.05) is 39.0 Å². The normalized spacial score (nSPS) is 12.7. The van der Waals surface area contributed by atoms with Crippen molar-refractivity contribution >= 4 is 34.7 Å². The molecule has 1 unspecified atom stereocenters. The number of carbonyl (C=O) groups excluding carboxylic acids is 1. The van der Waals surface area contributed by atoms with Gasteiger partial charge in [-0.05, 0) is 13.8 Å². The predicted octanol–water partition coefficient (Wildman–Crippen LogP) is 2.03. The molecular formula is C16H24ClN5O4. The van der Waals surface area contributed by atoms with Crippen LogP contribution in [0.4, 0.5) is 5.95 Å². The molecule has 0 aliphatic carbocycles. The van der Waals surface area contributed by atoms with E-state index in [0.717, 1.165) is 0 Å². The Morgan fingerprint density at radius 3 is 2.62 bits per heavy atom. The molecule has 0 radical (unpaired) electrons. The van der Waals surface area contributed by atoms with Gasteiger partial charge in [0.1, 0.15) is 5.52 Å². The molecule has 0 bridgehead atoms. The molecule has 26 heavy (non-hydrogen) atoms. The first-order valence-corrected chi connectivity index (χ1v) is 8.82. The Labute approximate surface area is 156 Å². The Kier molecular flexibility index (Phi) is 7.55. The number of esters is 1. The van der Waals surface area contributed by atoms with E-state index >= 15 is 0 Å². The van der Waals surface area contributed by atoms with Crippen molar-refractivity contribution in [3.63, 3.8) is 0 Å². The summed E-state index contributed by atoms with van der Waals surface area (Å²) in [5.41, 5.74) is 6.60. The molecule has 144 valence electrons. The molecule has 9 nitrogen and oxygen atoms in total. The van der Waals surface area contributed by atoms with E-state index in [-0.39, 0.29) is 35.9 Å². The number of hydrogen-bond donors (Lipinski definition) is 1. The van der Waals surface area contributed by atoms with Gasteiger partial charge in [-0.25, -0.2) is 4.98 Å². The number of carbonyl (C=O) groups is 1. The summed E-state index contributed by atoms with van der Waals surface area (Å²) in [5, 5.41) is 0.224. The van der Waals surface area contributed by atoms with Crippen LogP contribution in [0.3, 0.4) is 0 Å². The number of nitrogens with zero attached hydrogens (tertiary/aromatic N) is 4. The van der Waals surface area contributed by atoms with E-state index in [1.165, 1.54) is 6.92 Å². The number of anilines is 1. The third-order valence-corrected chi connectivity index (χ3v) is 3.92. The summed E-state index contributed by atoms with van der Waals surface area (Å²) < 4.78 is 18.2. The van der Waals surface area contributed by atoms with Crippen molar-refractivity contribution in [1.82, 2.24) is 19.5 Å². The van der Waals surface area contributed by atoms with Crippen molar-refractivity contribution < 1.29 is 19.0 Å². The van der Waals surface area contributed by atoms with Crippen LogP contribution in [0.1, 0.15) is 27.2 Å². The molecule has 2 rings (SSSR count). The average molecular weight is 386 g/mol. The summed E-state index contributed by atoms with van der Waals surface area (Å²) in [5.74, 6) is -0.353. The lowest BCUT2D eigenvalue weighted by atomic mass is 10.1. The number of hydrogen-bond acceptors (Lipinski definition) is 8. The number of aromatic nitrogens is 4. The molecular weight excluding hydrogens is 362 g/mol. The third kappa shape index (κ3) is 5.52. The highest BCUT2D eigenvalue weighted by Gasteiger charge is 2.21. The molecule has 0 fully saturated rings. The van der Waals surface area contributed by atoms with Crippen LogP contribution in [0.15, 0.2) is 6.33 Å². The van der Waals surface area contributed by atoms with Gasteiger partial charge in [-0.2, -0.15) is 9.97 Å². The van der Waals surface area contributed by atoms with Gasteiger partial charge in [-0.3, -0.25) is 4.79 Å². The summed E-state index contributed by atoms with van der Waals surface area (Å²) >= 11 is 6.20. The fourth-order valence-electron chi connectivity index (χ4n) is 2.63. The van der Waals surface area contributed by atoms with Gasteiger partial charge < -0.3 is 24.5 Å². The zero-order valence-electron chi connectivity index (χ0n) is 15.1. The van der Waals surface area contributed by atoms with Crippen LogP contribution in [0, 0.1) is 5.92 Å². The van der Waals surface area contributed by atoms with Crippen molar-refractivity contribution in [2.24, 2.45) is 5.92 Å². The first-order valence-electron chi connectivity index (χ1n) is 8.44. The van der Waals surface area contributed by atoms with Crippen molar-refractivity contribution in [3.8, 4) is 0 Å². The Hall–Kier alpha value is -1.97.